The summed E-state index contributed by atoms with van der Waals surface area (Å²) in [6.45, 7) is 1.61. The molecule has 2 saturated heterocycles. The molecule has 2 aliphatic rings. The summed E-state index contributed by atoms with van der Waals surface area (Å²) in [5.74, 6) is -1.99. The van der Waals surface area contributed by atoms with E-state index in [9.17, 15) is 15.8 Å². The van der Waals surface area contributed by atoms with Crippen LogP contribution in [0.5, 0.6) is 11.5 Å². The van der Waals surface area contributed by atoms with Crippen molar-refractivity contribution in [2.75, 3.05) is 14.2 Å². The number of fused-ring (bicyclic) bond motifs is 2. The lowest BCUT2D eigenvalue weighted by Crippen LogP contribution is -2.57. The minimum Gasteiger partial charge on any atom is -0.496 e. The van der Waals surface area contributed by atoms with Gasteiger partial charge in [-0.25, -0.2) is 0 Å². The molecule has 0 aliphatic carbocycles. The maximum absolute atomic E-state index is 10.5. The SMILES string of the molecule is COc1ccc(C2OC3(C)OC(=N)C(C#N)(C3c3ccccc3OC)C2(C#N)C#N)cc1Br. The summed E-state index contributed by atoms with van der Waals surface area (Å²) in [6.07, 6.45) is -1.19. The normalized spacial score (nSPS) is 29.2. The average Bonchev–Trinajstić information content (AvgIpc) is 3.01. The lowest BCUT2D eigenvalue weighted by atomic mass is 9.52. The number of nitrogens with zero attached hydrogens (tertiary/aromatic N) is 3. The fourth-order valence-electron chi connectivity index (χ4n) is 5.00. The standard InChI is InChI=1S/C24H19BrN4O4/c1-22-19(15-6-4-5-7-17(15)30-2)24(13-28,21(29)33-22)23(11-26,12-27)20(32-22)14-8-9-18(31-3)16(25)10-14/h4-10,19-20,29H,1-3H3. The fraction of sp³-hybridized carbons (Fsp3) is 0.333. The molecule has 4 atom stereocenters. The van der Waals surface area contributed by atoms with E-state index in [2.05, 4.69) is 34.1 Å². The van der Waals surface area contributed by atoms with Crippen LogP contribution in [0.2, 0.25) is 0 Å². The zero-order chi connectivity index (χ0) is 24.0. The van der Waals surface area contributed by atoms with Crippen LogP contribution in [0, 0.1) is 50.2 Å². The molecular weight excluding hydrogens is 488 g/mol. The molecule has 0 amide bonds. The van der Waals surface area contributed by atoms with E-state index in [4.69, 9.17) is 24.4 Å². The van der Waals surface area contributed by atoms with Gasteiger partial charge < -0.3 is 18.9 Å². The van der Waals surface area contributed by atoms with E-state index in [0.717, 1.165) is 0 Å². The Kier molecular flexibility index (Phi) is 5.33. The fourth-order valence-corrected chi connectivity index (χ4v) is 5.56. The number of methoxy groups -OCH3 is 2. The third-order valence-corrected chi connectivity index (χ3v) is 7.06. The molecule has 9 heteroatoms. The monoisotopic (exact) mass is 506 g/mol. The molecule has 2 heterocycles. The van der Waals surface area contributed by atoms with Crippen molar-refractivity contribution >= 4 is 21.8 Å². The maximum atomic E-state index is 10.5. The van der Waals surface area contributed by atoms with Crippen LogP contribution in [-0.4, -0.2) is 25.9 Å². The Labute approximate surface area is 199 Å². The molecule has 2 aromatic rings. The van der Waals surface area contributed by atoms with Gasteiger partial charge in [0.25, 0.3) is 0 Å². The first kappa shape index (κ1) is 22.6. The first-order valence-corrected chi connectivity index (χ1v) is 10.7. The van der Waals surface area contributed by atoms with Crippen LogP contribution >= 0.6 is 15.9 Å². The lowest BCUT2D eigenvalue weighted by molar-refractivity contribution is -0.253. The van der Waals surface area contributed by atoms with Crippen molar-refractivity contribution in [1.82, 2.24) is 0 Å². The number of nitrogens with one attached hydrogen (secondary N) is 1. The van der Waals surface area contributed by atoms with E-state index in [1.54, 1.807) is 49.4 Å². The van der Waals surface area contributed by atoms with Crippen molar-refractivity contribution in [3.8, 4) is 29.7 Å². The van der Waals surface area contributed by atoms with Gasteiger partial charge in [-0.05, 0) is 39.7 Å². The molecular formula is C24H19BrN4O4. The summed E-state index contributed by atoms with van der Waals surface area (Å²) in [5, 5.41) is 40.1. The molecule has 1 N–H and O–H groups in total. The maximum Gasteiger partial charge on any atom is 0.219 e. The molecule has 4 unspecified atom stereocenters. The van der Waals surface area contributed by atoms with Crippen LogP contribution < -0.4 is 9.47 Å². The highest BCUT2D eigenvalue weighted by atomic mass is 79.9. The number of hydrogen-bond acceptors (Lipinski definition) is 8. The quantitative estimate of drug-likeness (QED) is 0.640. The number of hydrogen-bond donors (Lipinski definition) is 1. The van der Waals surface area contributed by atoms with Gasteiger partial charge in [0.15, 0.2) is 5.41 Å². The Bertz CT molecular complexity index is 1260. The highest BCUT2D eigenvalue weighted by Gasteiger charge is 2.80. The van der Waals surface area contributed by atoms with E-state index in [1.807, 2.05) is 0 Å². The van der Waals surface area contributed by atoms with Crippen LogP contribution in [0.25, 0.3) is 0 Å². The minimum absolute atomic E-state index is 0.436. The summed E-state index contributed by atoms with van der Waals surface area (Å²) in [5.41, 5.74) is -3.09. The summed E-state index contributed by atoms with van der Waals surface area (Å²) in [7, 11) is 3.00. The van der Waals surface area contributed by atoms with E-state index in [1.165, 1.54) is 14.2 Å². The second-order valence-corrected chi connectivity index (χ2v) is 8.82. The average molecular weight is 507 g/mol. The number of ether oxygens (including phenoxy) is 4. The zero-order valence-electron chi connectivity index (χ0n) is 18.0. The highest BCUT2D eigenvalue weighted by molar-refractivity contribution is 9.10. The molecule has 0 aromatic heterocycles. The number of benzene rings is 2. The molecule has 2 aliphatic heterocycles. The number of halogens is 1. The third kappa shape index (κ3) is 2.78. The van der Waals surface area contributed by atoms with Crippen LogP contribution in [0.15, 0.2) is 46.9 Å². The first-order valence-electron chi connectivity index (χ1n) is 9.94. The van der Waals surface area contributed by atoms with Crippen molar-refractivity contribution < 1.29 is 18.9 Å². The van der Waals surface area contributed by atoms with Crippen LogP contribution in [0.3, 0.4) is 0 Å². The smallest absolute Gasteiger partial charge is 0.219 e. The van der Waals surface area contributed by atoms with Gasteiger partial charge in [-0.3, -0.25) is 5.41 Å². The van der Waals surface area contributed by atoms with Crippen LogP contribution in [0.4, 0.5) is 0 Å². The van der Waals surface area contributed by atoms with Gasteiger partial charge in [0.2, 0.25) is 17.1 Å². The summed E-state index contributed by atoms with van der Waals surface area (Å²) in [4.78, 5) is 0. The minimum atomic E-state index is -2.10. The number of nitriles is 3. The number of rotatable bonds is 4. The Balaban J connectivity index is 2.03. The Hall–Kier alpha value is -3.58. The third-order valence-electron chi connectivity index (χ3n) is 6.44. The molecule has 2 bridgehead atoms. The van der Waals surface area contributed by atoms with E-state index in [-0.39, 0.29) is 0 Å². The summed E-state index contributed by atoms with van der Waals surface area (Å²) in [6, 6.07) is 18.2. The molecule has 166 valence electrons. The predicted octanol–water partition coefficient (Wildman–Crippen LogP) is 4.59. The van der Waals surface area contributed by atoms with Crippen LogP contribution in [-0.2, 0) is 9.47 Å². The molecule has 0 radical (unpaired) electrons. The van der Waals surface area contributed by atoms with Crippen molar-refractivity contribution in [1.29, 1.82) is 21.2 Å². The molecule has 2 fully saturated rings. The van der Waals surface area contributed by atoms with Gasteiger partial charge >= 0.3 is 0 Å². The topological polar surface area (TPSA) is 132 Å². The Morgan fingerprint density at radius 3 is 2.24 bits per heavy atom. The molecule has 33 heavy (non-hydrogen) atoms. The largest absolute Gasteiger partial charge is 0.496 e. The molecule has 0 spiro atoms. The molecule has 2 aromatic carbocycles. The van der Waals surface area contributed by atoms with Crippen molar-refractivity contribution in [3.63, 3.8) is 0 Å². The van der Waals surface area contributed by atoms with Crippen molar-refractivity contribution in [2.45, 2.75) is 24.7 Å². The van der Waals surface area contributed by atoms with Gasteiger partial charge in [-0.1, -0.05) is 24.3 Å². The van der Waals surface area contributed by atoms with E-state index >= 15 is 0 Å². The lowest BCUT2D eigenvalue weighted by Gasteiger charge is -2.49. The van der Waals surface area contributed by atoms with Crippen molar-refractivity contribution in [3.05, 3.63) is 58.1 Å². The highest BCUT2D eigenvalue weighted by Crippen LogP contribution is 2.70. The zero-order valence-corrected chi connectivity index (χ0v) is 19.6. The van der Waals surface area contributed by atoms with Gasteiger partial charge in [0.05, 0.1) is 42.8 Å². The van der Waals surface area contributed by atoms with Gasteiger partial charge in [-0.15, -0.1) is 0 Å². The predicted molar refractivity (Wildman–Crippen MR) is 119 cm³/mol. The van der Waals surface area contributed by atoms with Gasteiger partial charge in [0.1, 0.15) is 17.6 Å². The van der Waals surface area contributed by atoms with Gasteiger partial charge in [0, 0.05) is 12.5 Å². The number of para-hydroxylation sites is 1. The molecule has 4 rings (SSSR count). The second-order valence-electron chi connectivity index (χ2n) is 7.97. The molecule has 0 saturated carbocycles. The Morgan fingerprint density at radius 1 is 1.00 bits per heavy atom. The second kappa shape index (κ2) is 7.78. The van der Waals surface area contributed by atoms with Gasteiger partial charge in [-0.2, -0.15) is 15.8 Å². The van der Waals surface area contributed by atoms with E-state index < -0.39 is 34.5 Å². The van der Waals surface area contributed by atoms with Crippen LogP contribution in [0.1, 0.15) is 30.1 Å². The van der Waals surface area contributed by atoms with Crippen molar-refractivity contribution in [2.24, 2.45) is 10.8 Å². The first-order chi connectivity index (χ1) is 15.8. The molecule has 8 nitrogen and oxygen atoms in total. The Morgan fingerprint density at radius 2 is 1.67 bits per heavy atom. The summed E-state index contributed by atoms with van der Waals surface area (Å²) < 4.78 is 23.6. The van der Waals surface area contributed by atoms with E-state index in [0.29, 0.717) is 27.1 Å². The summed E-state index contributed by atoms with van der Waals surface area (Å²) >= 11 is 3.42.